The smallest absolute Gasteiger partial charge is 0.325 e. The van der Waals surface area contributed by atoms with E-state index < -0.39 is 18.0 Å². The Balaban J connectivity index is 1.75. The number of fused-ring (bicyclic) bond motifs is 2. The molecule has 29 heavy (non-hydrogen) atoms. The number of carbonyl (C=O) groups is 2. The molecule has 0 spiro atoms. The van der Waals surface area contributed by atoms with Crippen LogP contribution in [0, 0.1) is 13.8 Å². The van der Waals surface area contributed by atoms with Crippen molar-refractivity contribution in [2.75, 3.05) is 13.7 Å². The summed E-state index contributed by atoms with van der Waals surface area (Å²) >= 11 is 1.35. The maximum atomic E-state index is 12.8. The summed E-state index contributed by atoms with van der Waals surface area (Å²) in [4.78, 5) is 29.5. The standard InChI is InChI=1S/C21H20N2O5S/c1-12-8-13(2)19-17(9-12)29-21(23(19)10-18(24)26-3)22-20(25)16-11-27-14-6-4-5-7-15(14)28-16/h4-9,16H,10-11H2,1-3H3/t16-/m1/s1. The molecule has 1 aromatic heterocycles. The Morgan fingerprint density at radius 3 is 2.76 bits per heavy atom. The molecule has 0 fully saturated rings. The van der Waals surface area contributed by atoms with Crippen LogP contribution in [0.4, 0.5) is 0 Å². The number of amides is 1. The van der Waals surface area contributed by atoms with Crippen molar-refractivity contribution in [2.24, 2.45) is 4.99 Å². The van der Waals surface area contributed by atoms with Gasteiger partial charge in [0.2, 0.25) is 6.10 Å². The van der Waals surface area contributed by atoms with Crippen molar-refractivity contribution in [1.29, 1.82) is 0 Å². The number of thiazole rings is 1. The largest absolute Gasteiger partial charge is 0.485 e. The third kappa shape index (κ3) is 3.75. The van der Waals surface area contributed by atoms with Crippen LogP contribution in [0.25, 0.3) is 10.2 Å². The minimum Gasteiger partial charge on any atom is -0.485 e. The first-order chi connectivity index (χ1) is 14.0. The van der Waals surface area contributed by atoms with Gasteiger partial charge in [-0.05, 0) is 43.2 Å². The molecule has 1 aliphatic rings. The minimum absolute atomic E-state index is 0.0304. The Hall–Kier alpha value is -3.13. The molecule has 3 aromatic rings. The second kappa shape index (κ2) is 7.71. The molecular formula is C21H20N2O5S. The molecular weight excluding hydrogens is 392 g/mol. The molecule has 0 bridgehead atoms. The van der Waals surface area contributed by atoms with Gasteiger partial charge in [0.05, 0.1) is 17.3 Å². The monoisotopic (exact) mass is 412 g/mol. The van der Waals surface area contributed by atoms with Gasteiger partial charge in [0, 0.05) is 0 Å². The van der Waals surface area contributed by atoms with Crippen molar-refractivity contribution in [1.82, 2.24) is 4.57 Å². The lowest BCUT2D eigenvalue weighted by Crippen LogP contribution is -2.37. The lowest BCUT2D eigenvalue weighted by atomic mass is 10.1. The van der Waals surface area contributed by atoms with Crippen LogP contribution < -0.4 is 14.3 Å². The quantitative estimate of drug-likeness (QED) is 0.618. The number of ether oxygens (including phenoxy) is 3. The van der Waals surface area contributed by atoms with Gasteiger partial charge in [-0.1, -0.05) is 29.5 Å². The van der Waals surface area contributed by atoms with Crippen LogP contribution in [0.15, 0.2) is 41.4 Å². The van der Waals surface area contributed by atoms with Gasteiger partial charge in [0.25, 0.3) is 5.91 Å². The molecule has 0 saturated carbocycles. The second-order valence-corrected chi connectivity index (χ2v) is 7.80. The molecule has 0 N–H and O–H groups in total. The molecule has 0 aliphatic carbocycles. The minimum atomic E-state index is -0.843. The van der Waals surface area contributed by atoms with Crippen LogP contribution in [-0.2, 0) is 20.9 Å². The Kier molecular flexibility index (Phi) is 5.10. The molecule has 1 atom stereocenters. The lowest BCUT2D eigenvalue weighted by Gasteiger charge is -2.23. The van der Waals surface area contributed by atoms with E-state index in [1.807, 2.05) is 38.1 Å². The maximum Gasteiger partial charge on any atom is 0.325 e. The van der Waals surface area contributed by atoms with E-state index in [1.165, 1.54) is 18.4 Å². The fraction of sp³-hybridized carbons (Fsp3) is 0.286. The number of methoxy groups -OCH3 is 1. The highest BCUT2D eigenvalue weighted by molar-refractivity contribution is 7.16. The van der Waals surface area contributed by atoms with E-state index in [2.05, 4.69) is 4.99 Å². The van der Waals surface area contributed by atoms with Crippen molar-refractivity contribution in [3.8, 4) is 11.5 Å². The van der Waals surface area contributed by atoms with E-state index in [-0.39, 0.29) is 13.2 Å². The van der Waals surface area contributed by atoms with E-state index in [9.17, 15) is 9.59 Å². The topological polar surface area (TPSA) is 79.1 Å². The highest BCUT2D eigenvalue weighted by Crippen LogP contribution is 2.31. The van der Waals surface area contributed by atoms with Gasteiger partial charge in [-0.2, -0.15) is 4.99 Å². The number of hydrogen-bond acceptors (Lipinski definition) is 6. The fourth-order valence-corrected chi connectivity index (χ4v) is 4.54. The zero-order valence-electron chi connectivity index (χ0n) is 16.3. The fourth-order valence-electron chi connectivity index (χ4n) is 3.32. The van der Waals surface area contributed by atoms with Crippen molar-refractivity contribution < 1.29 is 23.8 Å². The number of carbonyl (C=O) groups excluding carboxylic acids is 2. The SMILES string of the molecule is COC(=O)Cn1c(=NC(=O)[C@H]2COc3ccccc3O2)sc2cc(C)cc(C)c21. The second-order valence-electron chi connectivity index (χ2n) is 6.79. The predicted molar refractivity (Wildman–Crippen MR) is 108 cm³/mol. The van der Waals surface area contributed by atoms with E-state index in [4.69, 9.17) is 14.2 Å². The number of nitrogens with zero attached hydrogens (tertiary/aromatic N) is 2. The molecule has 0 radical (unpaired) electrons. The first-order valence-corrected chi connectivity index (χ1v) is 9.92. The third-order valence-electron chi connectivity index (χ3n) is 4.62. The molecule has 4 rings (SSSR count). The van der Waals surface area contributed by atoms with E-state index in [0.29, 0.717) is 16.3 Å². The number of rotatable bonds is 3. The summed E-state index contributed by atoms with van der Waals surface area (Å²) < 4.78 is 18.9. The van der Waals surface area contributed by atoms with Gasteiger partial charge in [0.15, 0.2) is 16.3 Å². The third-order valence-corrected chi connectivity index (χ3v) is 5.64. The van der Waals surface area contributed by atoms with Gasteiger partial charge >= 0.3 is 5.97 Å². The van der Waals surface area contributed by atoms with Gasteiger partial charge in [-0.25, -0.2) is 0 Å². The summed E-state index contributed by atoms with van der Waals surface area (Å²) in [6, 6.07) is 11.2. The van der Waals surface area contributed by atoms with Crippen LogP contribution >= 0.6 is 11.3 Å². The Bertz CT molecular complexity index is 1180. The Morgan fingerprint density at radius 2 is 2.00 bits per heavy atom. The van der Waals surface area contributed by atoms with Crippen molar-refractivity contribution in [3.05, 3.63) is 52.3 Å². The van der Waals surface area contributed by atoms with Crippen molar-refractivity contribution in [2.45, 2.75) is 26.5 Å². The molecule has 1 aliphatic heterocycles. The summed E-state index contributed by atoms with van der Waals surface area (Å²) in [6.07, 6.45) is -0.843. The van der Waals surface area contributed by atoms with Gasteiger partial charge in [-0.3, -0.25) is 9.59 Å². The van der Waals surface area contributed by atoms with Crippen LogP contribution in [0.3, 0.4) is 0 Å². The maximum absolute atomic E-state index is 12.8. The zero-order valence-corrected chi connectivity index (χ0v) is 17.1. The summed E-state index contributed by atoms with van der Waals surface area (Å²) in [7, 11) is 1.33. The molecule has 8 heteroatoms. The van der Waals surface area contributed by atoms with E-state index >= 15 is 0 Å². The summed E-state index contributed by atoms with van der Waals surface area (Å²) in [5, 5.41) is 0. The van der Waals surface area contributed by atoms with Crippen molar-refractivity contribution >= 4 is 33.4 Å². The molecule has 0 saturated heterocycles. The summed E-state index contributed by atoms with van der Waals surface area (Å²) in [6.45, 7) is 4.02. The first-order valence-electron chi connectivity index (χ1n) is 9.10. The normalized spacial score (nSPS) is 16.1. The molecule has 2 heterocycles. The van der Waals surface area contributed by atoms with Crippen molar-refractivity contribution in [3.63, 3.8) is 0 Å². The molecule has 2 aromatic carbocycles. The Morgan fingerprint density at radius 1 is 1.24 bits per heavy atom. The summed E-state index contributed by atoms with van der Waals surface area (Å²) in [5.74, 6) is 0.242. The van der Waals surface area contributed by atoms with Crippen LogP contribution in [0.2, 0.25) is 0 Å². The molecule has 150 valence electrons. The number of hydrogen-bond donors (Lipinski definition) is 0. The van der Waals surface area contributed by atoms with Crippen LogP contribution in [-0.4, -0.2) is 36.3 Å². The highest BCUT2D eigenvalue weighted by Gasteiger charge is 2.27. The number of para-hydroxylation sites is 2. The average molecular weight is 412 g/mol. The lowest BCUT2D eigenvalue weighted by molar-refractivity contribution is -0.141. The number of benzene rings is 2. The highest BCUT2D eigenvalue weighted by atomic mass is 32.1. The van der Waals surface area contributed by atoms with E-state index in [1.54, 1.807) is 16.7 Å². The first kappa shape index (κ1) is 19.2. The van der Waals surface area contributed by atoms with Gasteiger partial charge in [0.1, 0.15) is 13.2 Å². The average Bonchev–Trinajstić information content (AvgIpc) is 3.04. The molecule has 0 unspecified atom stereocenters. The van der Waals surface area contributed by atoms with Crippen LogP contribution in [0.5, 0.6) is 11.5 Å². The van der Waals surface area contributed by atoms with E-state index in [0.717, 1.165) is 21.3 Å². The number of aromatic nitrogens is 1. The predicted octanol–water partition coefficient (Wildman–Crippen LogP) is 2.76. The molecule has 7 nitrogen and oxygen atoms in total. The summed E-state index contributed by atoms with van der Waals surface area (Å²) in [5.41, 5.74) is 2.96. The number of aryl methyl sites for hydroxylation is 2. The Labute approximate surface area is 171 Å². The number of esters is 1. The zero-order chi connectivity index (χ0) is 20.5. The molecule has 1 amide bonds. The van der Waals surface area contributed by atoms with Crippen LogP contribution in [0.1, 0.15) is 11.1 Å². The van der Waals surface area contributed by atoms with Gasteiger partial charge in [-0.15, -0.1) is 0 Å². The van der Waals surface area contributed by atoms with Gasteiger partial charge < -0.3 is 18.8 Å².